The Morgan fingerprint density at radius 3 is 2.76 bits per heavy atom. The fraction of sp³-hybridized carbons (Fsp3) is 0.250. The van der Waals surface area contributed by atoms with Crippen LogP contribution in [0.2, 0.25) is 10.0 Å². The van der Waals surface area contributed by atoms with Gasteiger partial charge in [-0.05, 0) is 37.5 Å². The molecule has 1 aromatic heterocycles. The molecule has 88 valence electrons. The minimum absolute atomic E-state index is 0.532. The number of aromatic nitrogens is 2. The highest BCUT2D eigenvalue weighted by Crippen LogP contribution is 2.31. The molecule has 0 bridgehead atoms. The third-order valence-electron chi connectivity index (χ3n) is 3.11. The highest BCUT2D eigenvalue weighted by atomic mass is 35.5. The highest BCUT2D eigenvalue weighted by Gasteiger charge is 2.21. The van der Waals surface area contributed by atoms with Gasteiger partial charge in [-0.2, -0.15) is 5.10 Å². The van der Waals surface area contributed by atoms with E-state index in [-0.39, 0.29) is 0 Å². The van der Waals surface area contributed by atoms with Crippen LogP contribution in [0.5, 0.6) is 0 Å². The second-order valence-electron chi connectivity index (χ2n) is 4.17. The van der Waals surface area contributed by atoms with Crippen molar-refractivity contribution in [1.29, 1.82) is 0 Å². The summed E-state index contributed by atoms with van der Waals surface area (Å²) in [6, 6.07) is 5.49. The Hall–Kier alpha value is -1.19. The average molecular weight is 268 g/mol. The van der Waals surface area contributed by atoms with Gasteiger partial charge in [0.05, 0.1) is 15.7 Å². The van der Waals surface area contributed by atoms with E-state index in [9.17, 15) is 0 Å². The summed E-state index contributed by atoms with van der Waals surface area (Å²) in [5, 5.41) is 5.45. The summed E-state index contributed by atoms with van der Waals surface area (Å²) >= 11 is 11.9. The molecule has 0 radical (unpaired) electrons. The first-order chi connectivity index (χ1) is 8.16. The number of fused-ring (bicyclic) bond motifs is 1. The molecule has 0 saturated carbocycles. The number of hydrogen-bond acceptors (Lipinski definition) is 2. The van der Waals surface area contributed by atoms with E-state index < -0.39 is 0 Å². The van der Waals surface area contributed by atoms with E-state index in [1.165, 1.54) is 11.3 Å². The lowest BCUT2D eigenvalue weighted by atomic mass is 10.2. The summed E-state index contributed by atoms with van der Waals surface area (Å²) in [6.07, 6.45) is 3.17. The third-order valence-corrected chi connectivity index (χ3v) is 3.85. The van der Waals surface area contributed by atoms with Gasteiger partial charge in [0.2, 0.25) is 0 Å². The van der Waals surface area contributed by atoms with Crippen molar-refractivity contribution in [3.8, 4) is 5.69 Å². The Morgan fingerprint density at radius 2 is 2.00 bits per heavy atom. The molecule has 3 rings (SSSR count). The van der Waals surface area contributed by atoms with E-state index in [1.807, 2.05) is 16.8 Å². The quantitative estimate of drug-likeness (QED) is 0.862. The van der Waals surface area contributed by atoms with Gasteiger partial charge in [0.25, 0.3) is 0 Å². The summed E-state index contributed by atoms with van der Waals surface area (Å²) in [4.78, 5) is 0. The summed E-state index contributed by atoms with van der Waals surface area (Å²) < 4.78 is 1.87. The molecule has 0 unspecified atom stereocenters. The normalized spacial score (nSPS) is 14.0. The van der Waals surface area contributed by atoms with Crippen LogP contribution in [0, 0.1) is 0 Å². The van der Waals surface area contributed by atoms with Gasteiger partial charge in [0.1, 0.15) is 5.82 Å². The van der Waals surface area contributed by atoms with Crippen LogP contribution < -0.4 is 5.73 Å². The highest BCUT2D eigenvalue weighted by molar-refractivity contribution is 6.42. The average Bonchev–Trinajstić information content (AvgIpc) is 2.87. The summed E-state index contributed by atoms with van der Waals surface area (Å²) in [5.74, 6) is 0.628. The largest absolute Gasteiger partial charge is 0.382 e. The van der Waals surface area contributed by atoms with Gasteiger partial charge in [-0.25, -0.2) is 4.68 Å². The molecule has 0 amide bonds. The van der Waals surface area contributed by atoms with E-state index in [1.54, 1.807) is 6.07 Å². The summed E-state index contributed by atoms with van der Waals surface area (Å²) in [7, 11) is 0. The van der Waals surface area contributed by atoms with Crippen molar-refractivity contribution < 1.29 is 0 Å². The molecular formula is C12H11Cl2N3. The number of hydrogen-bond donors (Lipinski definition) is 1. The first-order valence-electron chi connectivity index (χ1n) is 5.48. The second-order valence-corrected chi connectivity index (χ2v) is 4.99. The van der Waals surface area contributed by atoms with E-state index in [0.717, 1.165) is 24.9 Å². The number of benzene rings is 1. The zero-order chi connectivity index (χ0) is 12.0. The Bertz CT molecular complexity index is 590. The van der Waals surface area contributed by atoms with Crippen LogP contribution in [0.25, 0.3) is 5.69 Å². The van der Waals surface area contributed by atoms with E-state index in [0.29, 0.717) is 15.9 Å². The van der Waals surface area contributed by atoms with Crippen LogP contribution in [-0.4, -0.2) is 9.78 Å². The summed E-state index contributed by atoms with van der Waals surface area (Å²) in [6.45, 7) is 0. The Labute approximate surface area is 109 Å². The summed E-state index contributed by atoms with van der Waals surface area (Å²) in [5.41, 5.74) is 9.19. The molecule has 17 heavy (non-hydrogen) atoms. The molecule has 2 N–H and O–H groups in total. The van der Waals surface area contributed by atoms with Gasteiger partial charge < -0.3 is 5.73 Å². The first-order valence-corrected chi connectivity index (χ1v) is 6.24. The third kappa shape index (κ3) is 1.70. The maximum atomic E-state index is 6.02. The fourth-order valence-electron chi connectivity index (χ4n) is 2.30. The van der Waals surface area contributed by atoms with E-state index in [4.69, 9.17) is 28.9 Å². The molecule has 0 spiro atoms. The van der Waals surface area contributed by atoms with Crippen molar-refractivity contribution in [2.45, 2.75) is 19.3 Å². The van der Waals surface area contributed by atoms with Gasteiger partial charge in [-0.15, -0.1) is 0 Å². The Morgan fingerprint density at radius 1 is 1.18 bits per heavy atom. The lowest BCUT2D eigenvalue weighted by Crippen LogP contribution is -2.01. The minimum atomic E-state index is 0.532. The van der Waals surface area contributed by atoms with Crippen LogP contribution in [0.15, 0.2) is 18.2 Å². The lowest BCUT2D eigenvalue weighted by molar-refractivity contribution is 0.788. The molecule has 2 aromatic rings. The number of nitrogens with two attached hydrogens (primary N) is 1. The van der Waals surface area contributed by atoms with Gasteiger partial charge in [0.15, 0.2) is 0 Å². The molecule has 0 atom stereocenters. The Balaban J connectivity index is 2.15. The maximum Gasteiger partial charge on any atom is 0.149 e. The number of anilines is 1. The van der Waals surface area contributed by atoms with Crippen molar-refractivity contribution in [1.82, 2.24) is 9.78 Å². The number of rotatable bonds is 1. The van der Waals surface area contributed by atoms with Crippen LogP contribution >= 0.6 is 23.2 Å². The van der Waals surface area contributed by atoms with Gasteiger partial charge in [0, 0.05) is 11.3 Å². The minimum Gasteiger partial charge on any atom is -0.382 e. The van der Waals surface area contributed by atoms with Gasteiger partial charge in [-0.3, -0.25) is 0 Å². The van der Waals surface area contributed by atoms with Crippen LogP contribution in [-0.2, 0) is 12.8 Å². The molecule has 1 aliphatic carbocycles. The first kappa shape index (κ1) is 10.9. The standard InChI is InChI=1S/C12H11Cl2N3/c13-9-5-4-7(6-10(9)14)17-11-3-1-2-8(11)12(15)16-17/h4-6H,1-3H2,(H2,15,16). The predicted molar refractivity (Wildman–Crippen MR) is 70.0 cm³/mol. The number of nitrogen functional groups attached to an aromatic ring is 1. The van der Waals surface area contributed by atoms with Crippen molar-refractivity contribution >= 4 is 29.0 Å². The smallest absolute Gasteiger partial charge is 0.149 e. The zero-order valence-corrected chi connectivity index (χ0v) is 10.6. The monoisotopic (exact) mass is 267 g/mol. The molecule has 0 saturated heterocycles. The van der Waals surface area contributed by atoms with Crippen molar-refractivity contribution in [2.24, 2.45) is 0 Å². The number of halogens is 2. The van der Waals surface area contributed by atoms with E-state index >= 15 is 0 Å². The fourth-order valence-corrected chi connectivity index (χ4v) is 2.59. The van der Waals surface area contributed by atoms with Crippen molar-refractivity contribution in [3.05, 3.63) is 39.5 Å². The number of nitrogens with zero attached hydrogens (tertiary/aromatic N) is 2. The van der Waals surface area contributed by atoms with Crippen molar-refractivity contribution in [2.75, 3.05) is 5.73 Å². The van der Waals surface area contributed by atoms with Crippen molar-refractivity contribution in [3.63, 3.8) is 0 Å². The van der Waals surface area contributed by atoms with Crippen LogP contribution in [0.1, 0.15) is 17.7 Å². The molecular weight excluding hydrogens is 257 g/mol. The molecule has 3 nitrogen and oxygen atoms in total. The van der Waals surface area contributed by atoms with Gasteiger partial charge >= 0.3 is 0 Å². The lowest BCUT2D eigenvalue weighted by Gasteiger charge is -2.06. The SMILES string of the molecule is Nc1nn(-c2ccc(Cl)c(Cl)c2)c2c1CCC2. The molecule has 5 heteroatoms. The molecule has 1 heterocycles. The molecule has 0 aliphatic heterocycles. The van der Waals surface area contributed by atoms with Gasteiger partial charge in [-0.1, -0.05) is 23.2 Å². The molecule has 1 aromatic carbocycles. The predicted octanol–water partition coefficient (Wildman–Crippen LogP) is 3.25. The van der Waals surface area contributed by atoms with Crippen LogP contribution in [0.4, 0.5) is 5.82 Å². The second kappa shape index (κ2) is 3.93. The molecule has 1 aliphatic rings. The maximum absolute atomic E-state index is 6.02. The van der Waals surface area contributed by atoms with E-state index in [2.05, 4.69) is 5.10 Å². The van der Waals surface area contributed by atoms with Crippen LogP contribution in [0.3, 0.4) is 0 Å². The molecule has 0 fully saturated rings. The zero-order valence-electron chi connectivity index (χ0n) is 9.08. The Kier molecular flexibility index (Phi) is 2.53. The topological polar surface area (TPSA) is 43.8 Å².